The van der Waals surface area contributed by atoms with E-state index in [-0.39, 0.29) is 11.7 Å². The molecule has 1 saturated heterocycles. The molecule has 0 saturated carbocycles. The number of carbonyl (C=O) groups excluding carboxylic acids is 1. The molecule has 1 unspecified atom stereocenters. The predicted octanol–water partition coefficient (Wildman–Crippen LogP) is 2.07. The largest absolute Gasteiger partial charge is 0.306 e. The molecule has 0 N–H and O–H groups in total. The summed E-state index contributed by atoms with van der Waals surface area (Å²) in [4.78, 5) is 20.8. The molecule has 0 amide bonds. The molecule has 0 bridgehead atoms. The Hall–Kier alpha value is -1.33. The molecule has 4 nitrogen and oxygen atoms in total. The van der Waals surface area contributed by atoms with Crippen molar-refractivity contribution in [3.63, 3.8) is 0 Å². The Kier molecular flexibility index (Phi) is 5.42. The van der Waals surface area contributed by atoms with Crippen molar-refractivity contribution < 1.29 is 9.18 Å². The minimum atomic E-state index is -0.414. The van der Waals surface area contributed by atoms with Gasteiger partial charge in [0.05, 0.1) is 6.20 Å². The number of ketones is 1. The Labute approximate surface area is 126 Å². The van der Waals surface area contributed by atoms with Crippen molar-refractivity contribution in [2.75, 3.05) is 33.7 Å². The van der Waals surface area contributed by atoms with Crippen LogP contribution in [-0.2, 0) is 0 Å². The highest BCUT2D eigenvalue weighted by atomic mass is 19.1. The smallest absolute Gasteiger partial charge is 0.185 e. The summed E-state index contributed by atoms with van der Waals surface area (Å²) in [6, 6.07) is 3.29. The maximum absolute atomic E-state index is 12.8. The van der Waals surface area contributed by atoms with Crippen molar-refractivity contribution in [1.82, 2.24) is 14.8 Å². The van der Waals surface area contributed by atoms with Crippen molar-refractivity contribution in [2.45, 2.75) is 25.8 Å². The summed E-state index contributed by atoms with van der Waals surface area (Å²) in [5, 5.41) is 0. The van der Waals surface area contributed by atoms with Crippen LogP contribution in [0.5, 0.6) is 0 Å². The van der Waals surface area contributed by atoms with Crippen molar-refractivity contribution in [2.24, 2.45) is 5.92 Å². The SMILES string of the molecule is CC(CN(C)C1CCN(C)CC1)C(=O)c1ccc(F)cn1. The number of aromatic nitrogens is 1. The number of Topliss-reactive ketones (excluding diaryl/α,β-unsaturated/α-hetero) is 1. The minimum Gasteiger partial charge on any atom is -0.306 e. The molecule has 1 aliphatic heterocycles. The highest BCUT2D eigenvalue weighted by molar-refractivity contribution is 5.95. The lowest BCUT2D eigenvalue weighted by atomic mass is 9.99. The standard InChI is InChI=1S/C16H24FN3O/c1-12(16(21)15-5-4-13(17)10-18-15)11-20(3)14-6-8-19(2)9-7-14/h4-5,10,12,14H,6-9,11H2,1-3H3. The number of pyridine rings is 1. The first kappa shape index (κ1) is 16.0. The fourth-order valence-corrected chi connectivity index (χ4v) is 2.87. The van der Waals surface area contributed by atoms with Gasteiger partial charge in [-0.15, -0.1) is 0 Å². The molecule has 1 aliphatic rings. The van der Waals surface area contributed by atoms with E-state index < -0.39 is 5.82 Å². The highest BCUT2D eigenvalue weighted by Gasteiger charge is 2.24. The van der Waals surface area contributed by atoms with Crippen LogP contribution in [0, 0.1) is 11.7 Å². The quantitative estimate of drug-likeness (QED) is 0.779. The Morgan fingerprint density at radius 1 is 1.48 bits per heavy atom. The number of likely N-dealkylation sites (tertiary alicyclic amines) is 1. The first-order valence-corrected chi connectivity index (χ1v) is 7.52. The Balaban J connectivity index is 1.89. The van der Waals surface area contributed by atoms with Gasteiger partial charge in [0.2, 0.25) is 0 Å². The van der Waals surface area contributed by atoms with Crippen LogP contribution < -0.4 is 0 Å². The number of hydrogen-bond acceptors (Lipinski definition) is 4. The van der Waals surface area contributed by atoms with Crippen LogP contribution in [0.25, 0.3) is 0 Å². The summed E-state index contributed by atoms with van der Waals surface area (Å²) in [5.74, 6) is -0.565. The zero-order chi connectivity index (χ0) is 15.4. The molecule has 1 aromatic heterocycles. The maximum atomic E-state index is 12.8. The fourth-order valence-electron chi connectivity index (χ4n) is 2.87. The molecule has 1 fully saturated rings. The Morgan fingerprint density at radius 2 is 2.14 bits per heavy atom. The molecule has 0 aliphatic carbocycles. The fraction of sp³-hybridized carbons (Fsp3) is 0.625. The van der Waals surface area contributed by atoms with Gasteiger partial charge in [-0.25, -0.2) is 4.39 Å². The van der Waals surface area contributed by atoms with E-state index in [0.29, 0.717) is 18.3 Å². The summed E-state index contributed by atoms with van der Waals surface area (Å²) in [7, 11) is 4.22. The average Bonchev–Trinajstić information content (AvgIpc) is 2.47. The van der Waals surface area contributed by atoms with E-state index in [1.54, 1.807) is 0 Å². The minimum absolute atomic E-state index is 0.0187. The average molecular weight is 293 g/mol. The van der Waals surface area contributed by atoms with E-state index in [4.69, 9.17) is 0 Å². The number of nitrogens with zero attached hydrogens (tertiary/aromatic N) is 3. The van der Waals surface area contributed by atoms with Crippen molar-refractivity contribution >= 4 is 5.78 Å². The summed E-state index contributed by atoms with van der Waals surface area (Å²) in [6.07, 6.45) is 3.38. The van der Waals surface area contributed by atoms with Crippen LogP contribution in [0.4, 0.5) is 4.39 Å². The van der Waals surface area contributed by atoms with Gasteiger partial charge in [0.25, 0.3) is 0 Å². The third kappa shape index (κ3) is 4.32. The Morgan fingerprint density at radius 3 is 2.71 bits per heavy atom. The van der Waals surface area contributed by atoms with E-state index >= 15 is 0 Å². The molecule has 1 aromatic rings. The number of carbonyl (C=O) groups is 1. The normalized spacial score (nSPS) is 18.9. The van der Waals surface area contributed by atoms with E-state index in [2.05, 4.69) is 28.9 Å². The molecule has 2 rings (SSSR count). The molecular weight excluding hydrogens is 269 g/mol. The maximum Gasteiger partial charge on any atom is 0.185 e. The van der Waals surface area contributed by atoms with Crippen LogP contribution in [0.3, 0.4) is 0 Å². The van der Waals surface area contributed by atoms with Crippen LogP contribution >= 0.6 is 0 Å². The van der Waals surface area contributed by atoms with Gasteiger partial charge in [-0.05, 0) is 52.2 Å². The Bertz CT molecular complexity index is 469. The molecular formula is C16H24FN3O. The summed E-state index contributed by atoms with van der Waals surface area (Å²) in [6.45, 7) is 4.85. The molecule has 21 heavy (non-hydrogen) atoms. The van der Waals surface area contributed by atoms with Gasteiger partial charge in [-0.2, -0.15) is 0 Å². The second-order valence-electron chi connectivity index (χ2n) is 6.10. The molecule has 0 aromatic carbocycles. The molecule has 0 spiro atoms. The number of rotatable bonds is 5. The van der Waals surface area contributed by atoms with Gasteiger partial charge in [-0.1, -0.05) is 6.92 Å². The van der Waals surface area contributed by atoms with Gasteiger partial charge in [-0.3, -0.25) is 9.78 Å². The van der Waals surface area contributed by atoms with Gasteiger partial charge in [0.1, 0.15) is 11.5 Å². The lowest BCUT2D eigenvalue weighted by Crippen LogP contribution is -2.44. The molecule has 5 heteroatoms. The third-order valence-electron chi connectivity index (χ3n) is 4.30. The predicted molar refractivity (Wildman–Crippen MR) is 80.8 cm³/mol. The zero-order valence-corrected chi connectivity index (χ0v) is 13.1. The third-order valence-corrected chi connectivity index (χ3v) is 4.30. The van der Waals surface area contributed by atoms with Crippen LogP contribution in [-0.4, -0.2) is 60.3 Å². The van der Waals surface area contributed by atoms with Gasteiger partial charge in [0, 0.05) is 18.5 Å². The molecule has 1 atom stereocenters. The van der Waals surface area contributed by atoms with E-state index in [1.165, 1.54) is 12.1 Å². The summed E-state index contributed by atoms with van der Waals surface area (Å²) < 4.78 is 12.8. The number of halogens is 1. The van der Waals surface area contributed by atoms with Gasteiger partial charge < -0.3 is 9.80 Å². The second kappa shape index (κ2) is 7.09. The molecule has 2 heterocycles. The molecule has 0 radical (unpaired) electrons. The van der Waals surface area contributed by atoms with Crippen molar-refractivity contribution in [1.29, 1.82) is 0 Å². The lowest BCUT2D eigenvalue weighted by Gasteiger charge is -2.36. The van der Waals surface area contributed by atoms with Gasteiger partial charge >= 0.3 is 0 Å². The van der Waals surface area contributed by atoms with Crippen LogP contribution in [0.1, 0.15) is 30.3 Å². The first-order valence-electron chi connectivity index (χ1n) is 7.52. The van der Waals surface area contributed by atoms with Crippen molar-refractivity contribution in [3.8, 4) is 0 Å². The van der Waals surface area contributed by atoms with Crippen LogP contribution in [0.15, 0.2) is 18.3 Å². The van der Waals surface area contributed by atoms with E-state index in [0.717, 1.165) is 32.1 Å². The summed E-state index contributed by atoms with van der Waals surface area (Å²) in [5.41, 5.74) is 0.348. The topological polar surface area (TPSA) is 36.4 Å². The van der Waals surface area contributed by atoms with Crippen molar-refractivity contribution in [3.05, 3.63) is 29.8 Å². The van der Waals surface area contributed by atoms with Gasteiger partial charge in [0.15, 0.2) is 5.78 Å². The second-order valence-corrected chi connectivity index (χ2v) is 6.10. The van der Waals surface area contributed by atoms with E-state index in [9.17, 15) is 9.18 Å². The number of hydrogen-bond donors (Lipinski definition) is 0. The molecule has 116 valence electrons. The van der Waals surface area contributed by atoms with Crippen LogP contribution in [0.2, 0.25) is 0 Å². The number of piperidine rings is 1. The monoisotopic (exact) mass is 293 g/mol. The zero-order valence-electron chi connectivity index (χ0n) is 13.1. The van der Waals surface area contributed by atoms with E-state index in [1.807, 2.05) is 6.92 Å². The lowest BCUT2D eigenvalue weighted by molar-refractivity contribution is 0.0846. The first-order chi connectivity index (χ1) is 9.97. The highest BCUT2D eigenvalue weighted by Crippen LogP contribution is 2.16. The summed E-state index contributed by atoms with van der Waals surface area (Å²) >= 11 is 0.